The summed E-state index contributed by atoms with van der Waals surface area (Å²) >= 11 is 0. The molecule has 0 unspecified atom stereocenters. The van der Waals surface area contributed by atoms with Gasteiger partial charge in [0.1, 0.15) is 0 Å². The van der Waals surface area contributed by atoms with Crippen molar-refractivity contribution in [2.75, 3.05) is 19.6 Å². The van der Waals surface area contributed by atoms with E-state index in [-0.39, 0.29) is 5.91 Å². The Balaban J connectivity index is 1.58. The van der Waals surface area contributed by atoms with Gasteiger partial charge in [-0.05, 0) is 88.2 Å². The largest absolute Gasteiger partial charge is 0.359 e. The van der Waals surface area contributed by atoms with Crippen molar-refractivity contribution in [2.24, 2.45) is 11.0 Å². The van der Waals surface area contributed by atoms with Gasteiger partial charge in [0.25, 0.3) is 5.91 Å². The molecular formula is C22H32N4O. The standard InChI is InChI=1S/C22H32N4O/c1-4-26(5-2)12-6-7-17-14(3)23-19(20(17)15-8-9-15)13-18-21(16-10-11-16)24-25-22(18)27/h13,15-16,23H,4-12H2,1-3H3,(H,25,27). The number of nitrogens with zero attached hydrogens (tertiary/aromatic N) is 2. The number of H-pyrrole nitrogens is 1. The van der Waals surface area contributed by atoms with Crippen molar-refractivity contribution in [3.8, 4) is 0 Å². The smallest absolute Gasteiger partial charge is 0.273 e. The van der Waals surface area contributed by atoms with E-state index < -0.39 is 0 Å². The normalized spacial score (nSPS) is 21.3. The number of aromatic amines is 1. The average molecular weight is 369 g/mol. The average Bonchev–Trinajstić information content (AvgIpc) is 3.58. The summed E-state index contributed by atoms with van der Waals surface area (Å²) in [6.07, 6.45) is 9.23. The molecule has 27 heavy (non-hydrogen) atoms. The second-order valence-corrected chi connectivity index (χ2v) is 8.23. The first-order valence-electron chi connectivity index (χ1n) is 10.7. The lowest BCUT2D eigenvalue weighted by Gasteiger charge is -2.17. The summed E-state index contributed by atoms with van der Waals surface area (Å²) in [4.78, 5) is 18.4. The number of hydrazone groups is 1. The van der Waals surface area contributed by atoms with Gasteiger partial charge in [0.15, 0.2) is 0 Å². The molecule has 1 aliphatic heterocycles. The number of aryl methyl sites for hydroxylation is 1. The van der Waals surface area contributed by atoms with Crippen LogP contribution in [0.1, 0.15) is 74.4 Å². The second-order valence-electron chi connectivity index (χ2n) is 8.23. The topological polar surface area (TPSA) is 60.5 Å². The van der Waals surface area contributed by atoms with Crippen LogP contribution in [0.4, 0.5) is 0 Å². The SMILES string of the molecule is CCN(CC)CCCc1c(C)[nH]c(C=C2C(=O)NN=C2C2CC2)c1C1CC1. The molecule has 2 aliphatic carbocycles. The molecule has 3 aliphatic rings. The maximum absolute atomic E-state index is 12.3. The van der Waals surface area contributed by atoms with Gasteiger partial charge in [0.2, 0.25) is 0 Å². The monoisotopic (exact) mass is 368 g/mol. The van der Waals surface area contributed by atoms with Crippen molar-refractivity contribution in [1.82, 2.24) is 15.3 Å². The molecule has 4 rings (SSSR count). The predicted molar refractivity (Wildman–Crippen MR) is 110 cm³/mol. The van der Waals surface area contributed by atoms with E-state index in [1.54, 1.807) is 0 Å². The van der Waals surface area contributed by atoms with Crippen LogP contribution in [0.3, 0.4) is 0 Å². The van der Waals surface area contributed by atoms with Crippen molar-refractivity contribution in [2.45, 2.75) is 65.2 Å². The first-order chi connectivity index (χ1) is 13.1. The second kappa shape index (κ2) is 7.63. The van der Waals surface area contributed by atoms with Crippen molar-refractivity contribution in [3.63, 3.8) is 0 Å². The molecule has 2 heterocycles. The predicted octanol–water partition coefficient (Wildman–Crippen LogP) is 3.75. The summed E-state index contributed by atoms with van der Waals surface area (Å²) in [6.45, 7) is 10.0. The Morgan fingerprint density at radius 2 is 1.85 bits per heavy atom. The Hall–Kier alpha value is -1.88. The van der Waals surface area contributed by atoms with Gasteiger partial charge in [0, 0.05) is 17.3 Å². The maximum atomic E-state index is 12.3. The molecule has 0 aromatic carbocycles. The molecule has 146 valence electrons. The highest BCUT2D eigenvalue weighted by Crippen LogP contribution is 2.45. The van der Waals surface area contributed by atoms with E-state index in [2.05, 4.69) is 47.3 Å². The summed E-state index contributed by atoms with van der Waals surface area (Å²) in [5.74, 6) is 1.09. The fraction of sp³-hybridized carbons (Fsp3) is 0.636. The summed E-state index contributed by atoms with van der Waals surface area (Å²) in [6, 6.07) is 0. The Morgan fingerprint density at radius 3 is 2.48 bits per heavy atom. The molecule has 2 saturated carbocycles. The summed E-state index contributed by atoms with van der Waals surface area (Å²) in [5.41, 5.74) is 9.78. The third-order valence-electron chi connectivity index (χ3n) is 6.22. The highest BCUT2D eigenvalue weighted by molar-refractivity contribution is 6.28. The van der Waals surface area contributed by atoms with E-state index in [1.165, 1.54) is 36.1 Å². The Bertz CT molecular complexity index is 776. The molecule has 2 fully saturated rings. The van der Waals surface area contributed by atoms with Gasteiger partial charge in [-0.3, -0.25) is 4.79 Å². The van der Waals surface area contributed by atoms with E-state index >= 15 is 0 Å². The molecule has 0 saturated heterocycles. The zero-order valence-electron chi connectivity index (χ0n) is 16.9. The van der Waals surface area contributed by atoms with Gasteiger partial charge in [0.05, 0.1) is 11.3 Å². The van der Waals surface area contributed by atoms with Crippen LogP contribution in [0, 0.1) is 12.8 Å². The minimum Gasteiger partial charge on any atom is -0.359 e. The third-order valence-corrected chi connectivity index (χ3v) is 6.22. The van der Waals surface area contributed by atoms with Crippen LogP contribution in [0.15, 0.2) is 10.7 Å². The van der Waals surface area contributed by atoms with E-state index in [0.29, 0.717) is 11.8 Å². The minimum atomic E-state index is -0.0472. The fourth-order valence-electron chi connectivity index (χ4n) is 4.30. The van der Waals surface area contributed by atoms with Gasteiger partial charge in [-0.15, -0.1) is 0 Å². The van der Waals surface area contributed by atoms with Gasteiger partial charge in [-0.1, -0.05) is 13.8 Å². The molecule has 5 heteroatoms. The van der Waals surface area contributed by atoms with Crippen LogP contribution in [0.25, 0.3) is 6.08 Å². The zero-order valence-corrected chi connectivity index (χ0v) is 16.9. The Kier molecular flexibility index (Phi) is 5.22. The summed E-state index contributed by atoms with van der Waals surface area (Å²) < 4.78 is 0. The first-order valence-corrected chi connectivity index (χ1v) is 10.7. The van der Waals surface area contributed by atoms with Crippen molar-refractivity contribution >= 4 is 17.7 Å². The van der Waals surface area contributed by atoms with E-state index in [4.69, 9.17) is 0 Å². The molecule has 1 aromatic rings. The van der Waals surface area contributed by atoms with Crippen LogP contribution >= 0.6 is 0 Å². The Morgan fingerprint density at radius 1 is 1.15 bits per heavy atom. The highest BCUT2D eigenvalue weighted by Gasteiger charge is 2.37. The van der Waals surface area contributed by atoms with Gasteiger partial charge in [-0.25, -0.2) is 5.43 Å². The van der Waals surface area contributed by atoms with Crippen LogP contribution in [-0.2, 0) is 11.2 Å². The third kappa shape index (κ3) is 3.88. The number of hydrogen-bond donors (Lipinski definition) is 2. The van der Waals surface area contributed by atoms with Gasteiger partial charge < -0.3 is 9.88 Å². The number of carbonyl (C=O) groups is 1. The van der Waals surface area contributed by atoms with Crippen molar-refractivity contribution < 1.29 is 4.79 Å². The van der Waals surface area contributed by atoms with Gasteiger partial charge >= 0.3 is 0 Å². The summed E-state index contributed by atoms with van der Waals surface area (Å²) in [5, 5.41) is 4.29. The highest BCUT2D eigenvalue weighted by atomic mass is 16.2. The molecule has 0 spiro atoms. The summed E-state index contributed by atoms with van der Waals surface area (Å²) in [7, 11) is 0. The van der Waals surface area contributed by atoms with E-state index in [9.17, 15) is 4.79 Å². The number of rotatable bonds is 9. The molecule has 0 atom stereocenters. The lowest BCUT2D eigenvalue weighted by Crippen LogP contribution is -2.24. The minimum absolute atomic E-state index is 0.0472. The van der Waals surface area contributed by atoms with Crippen LogP contribution in [0.2, 0.25) is 0 Å². The molecule has 0 bridgehead atoms. The lowest BCUT2D eigenvalue weighted by molar-refractivity contribution is -0.116. The lowest BCUT2D eigenvalue weighted by atomic mass is 9.97. The maximum Gasteiger partial charge on any atom is 0.273 e. The van der Waals surface area contributed by atoms with Gasteiger partial charge in [-0.2, -0.15) is 5.10 Å². The fourth-order valence-corrected chi connectivity index (χ4v) is 4.30. The number of aromatic nitrogens is 1. The Labute approximate surface area is 162 Å². The molecule has 1 aromatic heterocycles. The van der Waals surface area contributed by atoms with E-state index in [0.717, 1.165) is 55.9 Å². The molecule has 1 amide bonds. The van der Waals surface area contributed by atoms with Crippen molar-refractivity contribution in [1.29, 1.82) is 0 Å². The number of hydrogen-bond acceptors (Lipinski definition) is 3. The van der Waals surface area contributed by atoms with Crippen molar-refractivity contribution in [3.05, 3.63) is 28.1 Å². The first kappa shape index (κ1) is 18.5. The molecule has 5 nitrogen and oxygen atoms in total. The van der Waals surface area contributed by atoms with Crippen LogP contribution in [-0.4, -0.2) is 41.1 Å². The number of amides is 1. The quantitative estimate of drug-likeness (QED) is 0.652. The number of carbonyl (C=O) groups excluding carboxylic acids is 1. The molecule has 0 radical (unpaired) electrons. The van der Waals surface area contributed by atoms with Crippen LogP contribution < -0.4 is 5.43 Å². The zero-order chi connectivity index (χ0) is 19.0. The molecular weight excluding hydrogens is 336 g/mol. The van der Waals surface area contributed by atoms with Crippen LogP contribution in [0.5, 0.6) is 0 Å². The van der Waals surface area contributed by atoms with E-state index in [1.807, 2.05) is 0 Å². The molecule has 2 N–H and O–H groups in total. The number of nitrogens with one attached hydrogen (secondary N) is 2.